The van der Waals surface area contributed by atoms with E-state index in [0.29, 0.717) is 18.4 Å². The van der Waals surface area contributed by atoms with Crippen LogP contribution < -0.4 is 20.7 Å². The van der Waals surface area contributed by atoms with Crippen LogP contribution in [-0.4, -0.2) is 51.0 Å². The molecule has 0 spiro atoms. The molecule has 4 N–H and O–H groups in total. The summed E-state index contributed by atoms with van der Waals surface area (Å²) in [7, 11) is -3.32. The van der Waals surface area contributed by atoms with Gasteiger partial charge in [-0.25, -0.2) is 13.1 Å². The van der Waals surface area contributed by atoms with E-state index in [1.54, 1.807) is 6.92 Å². The predicted molar refractivity (Wildman–Crippen MR) is 98.5 cm³/mol. The Bertz CT molecular complexity index is 983. The average Bonchev–Trinajstić information content (AvgIpc) is 3.43. The first-order valence-electron chi connectivity index (χ1n) is 8.93. The second-order valence-electron chi connectivity index (χ2n) is 6.82. The molecule has 152 valence electrons. The molecule has 2 heterocycles. The highest BCUT2D eigenvalue weighted by molar-refractivity contribution is 7.90. The van der Waals surface area contributed by atoms with Crippen LogP contribution in [0, 0.1) is 11.8 Å². The molecule has 11 heteroatoms. The van der Waals surface area contributed by atoms with Crippen LogP contribution in [0.1, 0.15) is 31.7 Å². The Balaban J connectivity index is 1.80. The van der Waals surface area contributed by atoms with Gasteiger partial charge in [-0.3, -0.25) is 4.79 Å². The lowest BCUT2D eigenvalue weighted by Gasteiger charge is -2.37. The molecule has 10 nitrogen and oxygen atoms in total. The number of carbonyl (C=O) groups is 1. The molecular formula is C17H23N4O6S+. The lowest BCUT2D eigenvalue weighted by molar-refractivity contribution is -0.799. The smallest absolute Gasteiger partial charge is 0.466 e. The zero-order valence-corrected chi connectivity index (χ0v) is 16.3. The maximum absolute atomic E-state index is 12.4. The van der Waals surface area contributed by atoms with Crippen LogP contribution in [0.15, 0.2) is 11.0 Å². The molecule has 1 aromatic rings. The molecule has 3 rings (SSSR count). The molecule has 0 atom stereocenters. The Kier molecular flexibility index (Phi) is 5.74. The Morgan fingerprint density at radius 2 is 2.21 bits per heavy atom. The largest absolute Gasteiger partial charge is 0.497 e. The van der Waals surface area contributed by atoms with Gasteiger partial charge in [-0.15, -0.1) is 0 Å². The molecular weight excluding hydrogens is 388 g/mol. The zero-order valence-electron chi connectivity index (χ0n) is 15.5. The highest BCUT2D eigenvalue weighted by atomic mass is 32.2. The standard InChI is InChI=1S/C17H22N4O6S/c1-2-27-14(22)8-17(10-26-11-17)21-9-12(15(18)20-16(21)23)4-3-7-19-28(24,25)13-5-6-13/h9,13,19H,2,5-8,10-11H2,1H3,(H2,18,20,23)/p+1. The summed E-state index contributed by atoms with van der Waals surface area (Å²) in [6, 6.07) is 0. The molecule has 0 unspecified atom stereocenters. The van der Waals surface area contributed by atoms with E-state index < -0.39 is 27.2 Å². The van der Waals surface area contributed by atoms with Crippen molar-refractivity contribution in [1.29, 1.82) is 0 Å². The second-order valence-corrected chi connectivity index (χ2v) is 8.87. The van der Waals surface area contributed by atoms with Gasteiger partial charge in [0.2, 0.25) is 15.8 Å². The summed E-state index contributed by atoms with van der Waals surface area (Å²) < 4.78 is 37.6. The third kappa shape index (κ3) is 4.35. The van der Waals surface area contributed by atoms with Crippen molar-refractivity contribution < 1.29 is 27.3 Å². The summed E-state index contributed by atoms with van der Waals surface area (Å²) in [6.07, 6.45) is 2.77. The first-order chi connectivity index (χ1) is 13.3. The molecule has 1 saturated heterocycles. The van der Waals surface area contributed by atoms with Crippen LogP contribution in [0.25, 0.3) is 0 Å². The number of anilines is 1. The third-order valence-corrected chi connectivity index (χ3v) is 6.48. The average molecular weight is 411 g/mol. The van der Waals surface area contributed by atoms with E-state index in [2.05, 4.69) is 21.5 Å². The van der Waals surface area contributed by atoms with Gasteiger partial charge in [0.15, 0.2) is 5.54 Å². The Hall–Kier alpha value is -2.42. The van der Waals surface area contributed by atoms with Crippen molar-refractivity contribution in [2.24, 2.45) is 0 Å². The van der Waals surface area contributed by atoms with E-state index >= 15 is 0 Å². The number of nitrogens with two attached hydrogens (primary N) is 1. The molecule has 0 radical (unpaired) electrons. The number of nitrogen functional groups attached to an aromatic ring is 1. The van der Waals surface area contributed by atoms with Gasteiger partial charge >= 0.3 is 11.7 Å². The van der Waals surface area contributed by atoms with Gasteiger partial charge in [-0.2, -0.15) is 14.3 Å². The van der Waals surface area contributed by atoms with Gasteiger partial charge in [0, 0.05) is 0 Å². The number of nitrogens with zero attached hydrogens (tertiary/aromatic N) is 1. The van der Waals surface area contributed by atoms with E-state index in [0.717, 1.165) is 0 Å². The van der Waals surface area contributed by atoms with E-state index in [-0.39, 0.29) is 43.9 Å². The van der Waals surface area contributed by atoms with Gasteiger partial charge < -0.3 is 15.2 Å². The maximum atomic E-state index is 12.4. The summed E-state index contributed by atoms with van der Waals surface area (Å²) in [5.41, 5.74) is 4.80. The molecule has 0 aromatic carbocycles. The maximum Gasteiger partial charge on any atom is 0.497 e. The quantitative estimate of drug-likeness (QED) is 0.277. The summed E-state index contributed by atoms with van der Waals surface area (Å²) in [4.78, 5) is 26.8. The molecule has 1 aromatic heterocycles. The first-order valence-corrected chi connectivity index (χ1v) is 10.5. The van der Waals surface area contributed by atoms with Crippen molar-refractivity contribution in [2.75, 3.05) is 32.1 Å². The minimum Gasteiger partial charge on any atom is -0.466 e. The number of carbonyl (C=O) groups excluding carboxylic acids is 1. The van der Waals surface area contributed by atoms with Crippen molar-refractivity contribution in [2.45, 2.75) is 37.0 Å². The van der Waals surface area contributed by atoms with Gasteiger partial charge in [-0.1, -0.05) is 11.8 Å². The van der Waals surface area contributed by atoms with Crippen molar-refractivity contribution in [3.63, 3.8) is 0 Å². The van der Waals surface area contributed by atoms with Crippen molar-refractivity contribution in [3.05, 3.63) is 22.2 Å². The van der Waals surface area contributed by atoms with Crippen molar-refractivity contribution in [3.8, 4) is 11.8 Å². The van der Waals surface area contributed by atoms with Gasteiger partial charge in [0.25, 0.3) is 0 Å². The summed E-state index contributed by atoms with van der Waals surface area (Å²) in [5.74, 6) is 5.09. The molecule has 1 aliphatic heterocycles. The highest BCUT2D eigenvalue weighted by Crippen LogP contribution is 2.27. The number of aromatic nitrogens is 2. The fourth-order valence-corrected chi connectivity index (χ4v) is 4.13. The molecule has 0 bridgehead atoms. The van der Waals surface area contributed by atoms with Crippen LogP contribution in [-0.2, 0) is 29.8 Å². The minimum absolute atomic E-state index is 0.0213. The lowest BCUT2D eigenvalue weighted by Crippen LogP contribution is -2.75. The Labute approximate surface area is 162 Å². The monoisotopic (exact) mass is 411 g/mol. The van der Waals surface area contributed by atoms with Gasteiger partial charge in [0.1, 0.15) is 11.8 Å². The third-order valence-electron chi connectivity index (χ3n) is 4.59. The molecule has 28 heavy (non-hydrogen) atoms. The molecule has 1 saturated carbocycles. The zero-order chi connectivity index (χ0) is 20.4. The fourth-order valence-electron chi connectivity index (χ4n) is 2.87. The van der Waals surface area contributed by atoms with Gasteiger partial charge in [0.05, 0.1) is 38.0 Å². The van der Waals surface area contributed by atoms with E-state index in [4.69, 9.17) is 15.2 Å². The number of hydrogen-bond donors (Lipinski definition) is 3. The number of hydrogen-bond acceptors (Lipinski definition) is 7. The van der Waals surface area contributed by atoms with Crippen LogP contribution in [0.5, 0.6) is 0 Å². The van der Waals surface area contributed by atoms with E-state index in [1.165, 1.54) is 10.8 Å². The van der Waals surface area contributed by atoms with Crippen LogP contribution in [0.3, 0.4) is 0 Å². The van der Waals surface area contributed by atoms with Gasteiger partial charge in [-0.05, 0) is 19.8 Å². The number of H-pyrrole nitrogens is 1. The van der Waals surface area contributed by atoms with Crippen molar-refractivity contribution in [1.82, 2.24) is 9.71 Å². The lowest BCUT2D eigenvalue weighted by atomic mass is 9.92. The first kappa shape index (κ1) is 20.3. The minimum atomic E-state index is -3.32. The second kappa shape index (κ2) is 7.90. The normalized spacial score (nSPS) is 17.9. The van der Waals surface area contributed by atoms with E-state index in [9.17, 15) is 18.0 Å². The SMILES string of the molecule is CCOC(=O)CC1([n+]2cc(C#CCNS(=O)(=O)C3CC3)c(N)[nH]c2=O)COC1. The van der Waals surface area contributed by atoms with Crippen LogP contribution >= 0.6 is 0 Å². The summed E-state index contributed by atoms with van der Waals surface area (Å²) >= 11 is 0. The Morgan fingerprint density at radius 1 is 1.50 bits per heavy atom. The number of sulfonamides is 1. The number of nitrogens with one attached hydrogen (secondary N) is 2. The topological polar surface area (TPSA) is 144 Å². The number of rotatable bonds is 7. The molecule has 0 amide bonds. The van der Waals surface area contributed by atoms with Crippen LogP contribution in [0.2, 0.25) is 0 Å². The molecule has 2 fully saturated rings. The number of aromatic amines is 1. The predicted octanol–water partition coefficient (Wildman–Crippen LogP) is -1.64. The molecule has 2 aliphatic rings. The Morgan fingerprint density at radius 3 is 2.79 bits per heavy atom. The summed E-state index contributed by atoms with van der Waals surface area (Å²) in [5, 5.41) is -0.323. The highest BCUT2D eigenvalue weighted by Gasteiger charge is 2.49. The van der Waals surface area contributed by atoms with Crippen molar-refractivity contribution >= 4 is 21.8 Å². The number of ether oxygens (including phenoxy) is 2. The molecule has 1 aliphatic carbocycles. The van der Waals surface area contributed by atoms with E-state index in [1.807, 2.05) is 0 Å². The summed E-state index contributed by atoms with van der Waals surface area (Å²) in [6.45, 7) is 2.24. The fraction of sp³-hybridized carbons (Fsp3) is 0.588. The van der Waals surface area contributed by atoms with Crippen LogP contribution in [0.4, 0.5) is 5.82 Å². The number of esters is 1.